The van der Waals surface area contributed by atoms with E-state index in [1.165, 1.54) is 22.2 Å². The number of hydrogen-bond acceptors (Lipinski definition) is 7. The molecular weight excluding hydrogens is 390 g/mol. The number of carbonyl (C=O) groups is 1. The second kappa shape index (κ2) is 7.52. The van der Waals surface area contributed by atoms with Crippen molar-refractivity contribution in [3.63, 3.8) is 0 Å². The molecule has 1 aliphatic rings. The molecule has 4 rings (SSSR count). The van der Waals surface area contributed by atoms with Crippen molar-refractivity contribution in [1.29, 1.82) is 0 Å². The molecule has 0 aliphatic carbocycles. The van der Waals surface area contributed by atoms with E-state index in [9.17, 15) is 4.79 Å². The maximum atomic E-state index is 12.7. The Morgan fingerprint density at radius 3 is 2.82 bits per heavy atom. The van der Waals surface area contributed by atoms with Gasteiger partial charge in [0.15, 0.2) is 5.78 Å². The third-order valence-electron chi connectivity index (χ3n) is 4.97. The lowest BCUT2D eigenvalue weighted by Crippen LogP contribution is -2.24. The number of likely N-dealkylation sites (N-methyl/N-ethyl adjacent to an activating group) is 1. The van der Waals surface area contributed by atoms with Crippen LogP contribution in [0.5, 0.6) is 0 Å². The van der Waals surface area contributed by atoms with Gasteiger partial charge in [0.1, 0.15) is 0 Å². The predicted octanol–water partition coefficient (Wildman–Crippen LogP) is 3.76. The molecule has 3 heterocycles. The molecule has 144 valence electrons. The number of fused-ring (bicyclic) bond motifs is 1. The van der Waals surface area contributed by atoms with Crippen LogP contribution in [0.15, 0.2) is 58.7 Å². The fraction of sp³-hybridized carbons (Fsp3) is 0.300. The second-order valence-corrected chi connectivity index (χ2v) is 9.16. The van der Waals surface area contributed by atoms with Gasteiger partial charge in [-0.3, -0.25) is 4.79 Å². The van der Waals surface area contributed by atoms with Gasteiger partial charge < -0.3 is 4.90 Å². The molecule has 0 saturated heterocycles. The maximum absolute atomic E-state index is 12.7. The quantitative estimate of drug-likeness (QED) is 0.455. The zero-order chi connectivity index (χ0) is 19.7. The van der Waals surface area contributed by atoms with E-state index < -0.39 is 0 Å². The number of benzene rings is 1. The predicted molar refractivity (Wildman–Crippen MR) is 113 cm³/mol. The van der Waals surface area contributed by atoms with Crippen molar-refractivity contribution < 1.29 is 4.79 Å². The number of allylic oxidation sites excluding steroid dienone is 2. The molecule has 8 heteroatoms. The third-order valence-corrected chi connectivity index (χ3v) is 6.81. The minimum Gasteiger partial charge on any atom is -0.347 e. The van der Waals surface area contributed by atoms with Gasteiger partial charge >= 0.3 is 0 Å². The number of thioether (sulfide) groups is 1. The highest BCUT2D eigenvalue weighted by molar-refractivity contribution is 7.99. The Hall–Kier alpha value is -2.45. The third kappa shape index (κ3) is 3.49. The average Bonchev–Trinajstić information content (AvgIpc) is 3.39. The number of ketones is 1. The summed E-state index contributed by atoms with van der Waals surface area (Å²) in [5.74, 6) is 0.354. The summed E-state index contributed by atoms with van der Waals surface area (Å²) in [6, 6.07) is 12.3. The molecule has 0 bridgehead atoms. The van der Waals surface area contributed by atoms with Gasteiger partial charge in [0.25, 0.3) is 0 Å². The summed E-state index contributed by atoms with van der Waals surface area (Å²) in [7, 11) is 2.02. The smallest absolute Gasteiger partial charge is 0.210 e. The highest BCUT2D eigenvalue weighted by Gasteiger charge is 2.38. The maximum Gasteiger partial charge on any atom is 0.210 e. The minimum absolute atomic E-state index is 0.0541. The molecule has 1 aliphatic heterocycles. The van der Waals surface area contributed by atoms with Crippen LogP contribution in [0.25, 0.3) is 0 Å². The molecule has 0 amide bonds. The lowest BCUT2D eigenvalue weighted by atomic mass is 9.83. The van der Waals surface area contributed by atoms with Crippen molar-refractivity contribution in [3.8, 4) is 0 Å². The molecular formula is C20H21N5OS2. The van der Waals surface area contributed by atoms with E-state index in [0.717, 1.165) is 11.4 Å². The van der Waals surface area contributed by atoms with Crippen molar-refractivity contribution in [1.82, 2.24) is 20.2 Å². The topological polar surface area (TPSA) is 63.9 Å². The van der Waals surface area contributed by atoms with E-state index in [1.807, 2.05) is 36.7 Å². The summed E-state index contributed by atoms with van der Waals surface area (Å²) in [4.78, 5) is 16.0. The van der Waals surface area contributed by atoms with E-state index in [2.05, 4.69) is 46.4 Å². The lowest BCUT2D eigenvalue weighted by Gasteiger charge is -2.23. The van der Waals surface area contributed by atoms with Crippen molar-refractivity contribution in [3.05, 3.63) is 64.0 Å². The van der Waals surface area contributed by atoms with Gasteiger partial charge in [-0.2, -0.15) is 0 Å². The first kappa shape index (κ1) is 18.9. The average molecular weight is 412 g/mol. The van der Waals surface area contributed by atoms with E-state index in [0.29, 0.717) is 17.5 Å². The number of tetrazole rings is 1. The molecule has 0 N–H and O–H groups in total. The van der Waals surface area contributed by atoms with Crippen molar-refractivity contribution >= 4 is 34.6 Å². The Kier molecular flexibility index (Phi) is 5.07. The molecule has 0 radical (unpaired) electrons. The summed E-state index contributed by atoms with van der Waals surface area (Å²) < 4.78 is 1.73. The van der Waals surface area contributed by atoms with Crippen LogP contribution < -0.4 is 4.90 Å². The molecule has 3 aromatic rings. The van der Waals surface area contributed by atoms with Gasteiger partial charge in [-0.05, 0) is 33.5 Å². The first-order valence-electron chi connectivity index (χ1n) is 8.96. The second-order valence-electron chi connectivity index (χ2n) is 7.18. The minimum atomic E-state index is -0.202. The van der Waals surface area contributed by atoms with Crippen LogP contribution in [-0.4, -0.2) is 38.8 Å². The molecule has 2 aromatic heterocycles. The number of carbonyl (C=O) groups excluding carboxylic acids is 1. The Balaban J connectivity index is 1.46. The van der Waals surface area contributed by atoms with Crippen molar-refractivity contribution in [2.24, 2.45) is 0 Å². The fourth-order valence-corrected chi connectivity index (χ4v) is 4.92. The first-order chi connectivity index (χ1) is 13.5. The van der Waals surface area contributed by atoms with Crippen LogP contribution in [-0.2, 0) is 16.8 Å². The Morgan fingerprint density at radius 2 is 2.07 bits per heavy atom. The Bertz CT molecular complexity index is 1020. The van der Waals surface area contributed by atoms with Crippen molar-refractivity contribution in [2.75, 3.05) is 17.7 Å². The van der Waals surface area contributed by atoms with E-state index in [1.54, 1.807) is 22.1 Å². The molecule has 1 aromatic carbocycles. The summed E-state index contributed by atoms with van der Waals surface area (Å²) in [6.07, 6.45) is 1.76. The van der Waals surface area contributed by atoms with Crippen LogP contribution in [0.1, 0.15) is 24.3 Å². The van der Waals surface area contributed by atoms with Crippen LogP contribution in [0.3, 0.4) is 0 Å². The number of para-hydroxylation sites is 1. The zero-order valence-electron chi connectivity index (χ0n) is 16.0. The summed E-state index contributed by atoms with van der Waals surface area (Å²) in [5, 5.41) is 14.5. The number of thiophene rings is 1. The van der Waals surface area contributed by atoms with E-state index in [4.69, 9.17) is 0 Å². The number of hydrogen-bond donors (Lipinski definition) is 0. The van der Waals surface area contributed by atoms with Crippen LogP contribution >= 0.6 is 23.1 Å². The summed E-state index contributed by atoms with van der Waals surface area (Å²) in [5.41, 5.74) is 3.20. The number of anilines is 1. The normalized spacial score (nSPS) is 16.5. The van der Waals surface area contributed by atoms with Gasteiger partial charge in [-0.15, -0.1) is 16.4 Å². The van der Waals surface area contributed by atoms with Crippen molar-refractivity contribution in [2.45, 2.75) is 31.0 Å². The SMILES string of the molecule is CN1/C(=C\C(=O)CSc2nnnn2Cc2cccs2)C(C)(C)c2ccccc21. The standard InChI is InChI=1S/C20H21N5OS2/c1-20(2)16-8-4-5-9-17(16)24(3)18(20)11-14(26)13-28-19-21-22-23-25(19)12-15-7-6-10-27-15/h4-11H,12-13H2,1-3H3/b18-11-. The monoisotopic (exact) mass is 411 g/mol. The highest BCUT2D eigenvalue weighted by atomic mass is 32.2. The van der Waals surface area contributed by atoms with Crippen LogP contribution in [0.2, 0.25) is 0 Å². The fourth-order valence-electron chi connectivity index (χ4n) is 3.54. The lowest BCUT2D eigenvalue weighted by molar-refractivity contribution is -0.112. The summed E-state index contributed by atoms with van der Waals surface area (Å²) >= 11 is 3.03. The molecule has 0 spiro atoms. The molecule has 0 saturated carbocycles. The number of rotatable bonds is 6. The first-order valence-corrected chi connectivity index (χ1v) is 10.8. The molecule has 28 heavy (non-hydrogen) atoms. The van der Waals surface area contributed by atoms with Crippen LogP contribution in [0, 0.1) is 0 Å². The molecule has 6 nitrogen and oxygen atoms in total. The summed E-state index contributed by atoms with van der Waals surface area (Å²) in [6.45, 7) is 4.93. The highest BCUT2D eigenvalue weighted by Crippen LogP contribution is 2.46. The molecule has 0 unspecified atom stereocenters. The van der Waals surface area contributed by atoms with E-state index in [-0.39, 0.29) is 11.2 Å². The molecule has 0 atom stereocenters. The number of aromatic nitrogens is 4. The van der Waals surface area contributed by atoms with Gasteiger partial charge in [0, 0.05) is 34.8 Å². The largest absolute Gasteiger partial charge is 0.347 e. The van der Waals surface area contributed by atoms with Gasteiger partial charge in [0.05, 0.1) is 12.3 Å². The Morgan fingerprint density at radius 1 is 1.25 bits per heavy atom. The molecule has 0 fully saturated rings. The number of nitrogens with zero attached hydrogens (tertiary/aromatic N) is 5. The van der Waals surface area contributed by atoms with E-state index >= 15 is 0 Å². The van der Waals surface area contributed by atoms with Crippen LogP contribution in [0.4, 0.5) is 5.69 Å². The Labute approximate surface area is 172 Å². The van der Waals surface area contributed by atoms with Gasteiger partial charge in [0.2, 0.25) is 5.16 Å². The zero-order valence-corrected chi connectivity index (χ0v) is 17.6. The van der Waals surface area contributed by atoms with Gasteiger partial charge in [-0.25, -0.2) is 4.68 Å². The van der Waals surface area contributed by atoms with Gasteiger partial charge in [-0.1, -0.05) is 49.9 Å².